The summed E-state index contributed by atoms with van der Waals surface area (Å²) in [6.45, 7) is 1.86. The molecule has 1 aliphatic rings. The van der Waals surface area contributed by atoms with E-state index in [-0.39, 0.29) is 11.1 Å². The monoisotopic (exact) mass is 346 g/mol. The van der Waals surface area contributed by atoms with Gasteiger partial charge in [0, 0.05) is 18.2 Å². The molecule has 0 bridgehead atoms. The molecule has 126 valence electrons. The molecule has 1 N–H and O–H groups in total. The molecule has 1 aromatic heterocycles. The number of para-hydroxylation sites is 1. The summed E-state index contributed by atoms with van der Waals surface area (Å²) in [4.78, 5) is 16.3. The van der Waals surface area contributed by atoms with E-state index >= 15 is 0 Å². The first kappa shape index (κ1) is 16.4. The number of ether oxygens (including phenoxy) is 1. The lowest BCUT2D eigenvalue weighted by Crippen LogP contribution is -2.41. The molecule has 0 saturated carbocycles. The number of pyridine rings is 1. The second-order valence-corrected chi connectivity index (χ2v) is 7.81. The standard InChI is InChI=1S/C17H18N2O4S/c1-12(24(21,22)16-8-4-5-10-18-16)17(20)19-14-9-11-23-15-7-3-2-6-13(14)15/h2-8,10,12,14H,9,11H2,1H3,(H,19,20)/t12-,14-/m1/s1. The first-order valence-electron chi connectivity index (χ1n) is 7.67. The normalized spacial score (nSPS) is 18.1. The number of nitrogens with zero attached hydrogens (tertiary/aromatic N) is 1. The average molecular weight is 346 g/mol. The number of aromatic nitrogens is 1. The Kier molecular flexibility index (Phi) is 4.53. The zero-order valence-electron chi connectivity index (χ0n) is 13.2. The molecule has 1 amide bonds. The number of rotatable bonds is 4. The van der Waals surface area contributed by atoms with Crippen molar-refractivity contribution in [2.24, 2.45) is 0 Å². The number of hydrogen-bond donors (Lipinski definition) is 1. The highest BCUT2D eigenvalue weighted by Crippen LogP contribution is 2.31. The van der Waals surface area contributed by atoms with Crippen LogP contribution in [0.3, 0.4) is 0 Å². The van der Waals surface area contributed by atoms with Crippen LogP contribution < -0.4 is 10.1 Å². The molecular weight excluding hydrogens is 328 g/mol. The van der Waals surface area contributed by atoms with Crippen molar-refractivity contribution < 1.29 is 17.9 Å². The number of amides is 1. The van der Waals surface area contributed by atoms with E-state index in [9.17, 15) is 13.2 Å². The molecule has 0 spiro atoms. The van der Waals surface area contributed by atoms with Gasteiger partial charge in [-0.2, -0.15) is 0 Å². The smallest absolute Gasteiger partial charge is 0.238 e. The minimum Gasteiger partial charge on any atom is -0.493 e. The molecule has 6 nitrogen and oxygen atoms in total. The largest absolute Gasteiger partial charge is 0.493 e. The predicted molar refractivity (Wildman–Crippen MR) is 88.3 cm³/mol. The molecule has 2 heterocycles. The maximum Gasteiger partial charge on any atom is 0.238 e. The molecule has 1 aromatic carbocycles. The van der Waals surface area contributed by atoms with E-state index in [0.29, 0.717) is 18.8 Å². The molecule has 2 atom stereocenters. The van der Waals surface area contributed by atoms with Crippen LogP contribution in [0.4, 0.5) is 0 Å². The summed E-state index contributed by atoms with van der Waals surface area (Å²) in [5.74, 6) is 0.177. The third kappa shape index (κ3) is 3.12. The quantitative estimate of drug-likeness (QED) is 0.914. The number of benzene rings is 1. The molecule has 0 aliphatic carbocycles. The van der Waals surface area contributed by atoms with Gasteiger partial charge in [0.05, 0.1) is 12.6 Å². The number of carbonyl (C=O) groups is 1. The number of nitrogens with one attached hydrogen (secondary N) is 1. The molecule has 0 saturated heterocycles. The summed E-state index contributed by atoms with van der Waals surface area (Å²) in [7, 11) is -3.82. The Bertz CT molecular complexity index is 837. The van der Waals surface area contributed by atoms with Gasteiger partial charge in [-0.05, 0) is 25.1 Å². The van der Waals surface area contributed by atoms with Crippen LogP contribution >= 0.6 is 0 Å². The molecule has 0 radical (unpaired) electrons. The molecule has 0 unspecified atom stereocenters. The van der Waals surface area contributed by atoms with Crippen molar-refractivity contribution in [1.29, 1.82) is 0 Å². The highest BCUT2D eigenvalue weighted by molar-refractivity contribution is 7.92. The maximum atomic E-state index is 12.5. The zero-order chi connectivity index (χ0) is 17.2. The lowest BCUT2D eigenvalue weighted by molar-refractivity contribution is -0.121. The molecular formula is C17H18N2O4S. The van der Waals surface area contributed by atoms with Crippen molar-refractivity contribution in [3.63, 3.8) is 0 Å². The first-order chi connectivity index (χ1) is 11.5. The van der Waals surface area contributed by atoms with Crippen LogP contribution in [-0.4, -0.2) is 31.2 Å². The summed E-state index contributed by atoms with van der Waals surface area (Å²) in [6.07, 6.45) is 1.99. The van der Waals surface area contributed by atoms with Gasteiger partial charge in [-0.1, -0.05) is 24.3 Å². The van der Waals surface area contributed by atoms with E-state index in [1.165, 1.54) is 19.2 Å². The molecule has 7 heteroatoms. The van der Waals surface area contributed by atoms with Gasteiger partial charge in [0.1, 0.15) is 11.0 Å². The first-order valence-corrected chi connectivity index (χ1v) is 9.22. The molecule has 2 aromatic rings. The van der Waals surface area contributed by atoms with Crippen molar-refractivity contribution in [3.8, 4) is 5.75 Å². The van der Waals surface area contributed by atoms with Crippen molar-refractivity contribution in [2.75, 3.05) is 6.61 Å². The third-order valence-electron chi connectivity index (χ3n) is 4.04. The van der Waals surface area contributed by atoms with Gasteiger partial charge in [0.25, 0.3) is 0 Å². The second kappa shape index (κ2) is 6.60. The van der Waals surface area contributed by atoms with Crippen molar-refractivity contribution in [1.82, 2.24) is 10.3 Å². The van der Waals surface area contributed by atoms with Gasteiger partial charge < -0.3 is 10.1 Å². The molecule has 24 heavy (non-hydrogen) atoms. The summed E-state index contributed by atoms with van der Waals surface area (Å²) in [6, 6.07) is 11.8. The van der Waals surface area contributed by atoms with Crippen LogP contribution in [0.1, 0.15) is 24.9 Å². The Hall–Kier alpha value is -2.41. The highest BCUT2D eigenvalue weighted by Gasteiger charge is 2.33. The van der Waals surface area contributed by atoms with E-state index in [1.54, 1.807) is 12.1 Å². The van der Waals surface area contributed by atoms with Crippen LogP contribution in [0.25, 0.3) is 0 Å². The van der Waals surface area contributed by atoms with Crippen LogP contribution in [0.15, 0.2) is 53.7 Å². The van der Waals surface area contributed by atoms with E-state index in [0.717, 1.165) is 5.56 Å². The highest BCUT2D eigenvalue weighted by atomic mass is 32.2. The van der Waals surface area contributed by atoms with Gasteiger partial charge in [-0.25, -0.2) is 13.4 Å². The zero-order valence-corrected chi connectivity index (χ0v) is 14.0. The van der Waals surface area contributed by atoms with Gasteiger partial charge in [-0.15, -0.1) is 0 Å². The Morgan fingerprint density at radius 1 is 1.25 bits per heavy atom. The number of carbonyl (C=O) groups excluding carboxylic acids is 1. The topological polar surface area (TPSA) is 85.4 Å². The van der Waals surface area contributed by atoms with Gasteiger partial charge in [0.2, 0.25) is 15.7 Å². The molecule has 1 aliphatic heterocycles. The van der Waals surface area contributed by atoms with Crippen molar-refractivity contribution in [2.45, 2.75) is 29.7 Å². The van der Waals surface area contributed by atoms with Crippen LogP contribution in [0, 0.1) is 0 Å². The fourth-order valence-corrected chi connectivity index (χ4v) is 3.81. The molecule has 3 rings (SSSR count). The lowest BCUT2D eigenvalue weighted by atomic mass is 10.0. The Balaban J connectivity index is 1.79. The Morgan fingerprint density at radius 3 is 2.75 bits per heavy atom. The maximum absolute atomic E-state index is 12.5. The minimum atomic E-state index is -3.82. The van der Waals surface area contributed by atoms with E-state index in [4.69, 9.17) is 4.74 Å². The van der Waals surface area contributed by atoms with Crippen LogP contribution in [0.5, 0.6) is 5.75 Å². The van der Waals surface area contributed by atoms with Crippen LogP contribution in [-0.2, 0) is 14.6 Å². The van der Waals surface area contributed by atoms with Crippen LogP contribution in [0.2, 0.25) is 0 Å². The summed E-state index contributed by atoms with van der Waals surface area (Å²) < 4.78 is 30.6. The van der Waals surface area contributed by atoms with E-state index in [2.05, 4.69) is 10.3 Å². The minimum absolute atomic E-state index is 0.0972. The number of sulfone groups is 1. The predicted octanol–water partition coefficient (Wildman–Crippen LogP) is 1.88. The third-order valence-corrected chi connectivity index (χ3v) is 6.01. The van der Waals surface area contributed by atoms with E-state index < -0.39 is 21.0 Å². The van der Waals surface area contributed by atoms with Crippen molar-refractivity contribution >= 4 is 15.7 Å². The second-order valence-electron chi connectivity index (χ2n) is 5.59. The summed E-state index contributed by atoms with van der Waals surface area (Å²) in [5.41, 5.74) is 0.861. The van der Waals surface area contributed by atoms with Gasteiger partial charge >= 0.3 is 0 Å². The van der Waals surface area contributed by atoms with Crippen molar-refractivity contribution in [3.05, 3.63) is 54.2 Å². The molecule has 0 fully saturated rings. The number of fused-ring (bicyclic) bond motifs is 1. The fourth-order valence-electron chi connectivity index (χ4n) is 2.62. The summed E-state index contributed by atoms with van der Waals surface area (Å²) >= 11 is 0. The Morgan fingerprint density at radius 2 is 2.00 bits per heavy atom. The fraction of sp³-hybridized carbons (Fsp3) is 0.294. The SMILES string of the molecule is C[C@H](C(=O)N[C@@H]1CCOc2ccccc21)S(=O)(=O)c1ccccn1. The van der Waals surface area contributed by atoms with E-state index in [1.807, 2.05) is 24.3 Å². The summed E-state index contributed by atoms with van der Waals surface area (Å²) in [5, 5.41) is 1.51. The average Bonchev–Trinajstić information content (AvgIpc) is 2.62. The van der Waals surface area contributed by atoms with Gasteiger partial charge in [0.15, 0.2) is 5.03 Å². The Labute approximate surface area is 140 Å². The van der Waals surface area contributed by atoms with Gasteiger partial charge in [-0.3, -0.25) is 4.79 Å². The number of hydrogen-bond acceptors (Lipinski definition) is 5. The lowest BCUT2D eigenvalue weighted by Gasteiger charge is -2.27.